The average Bonchev–Trinajstić information content (AvgIpc) is 2.65. The number of hydrogen-bond donors (Lipinski definition) is 0. The van der Waals surface area contributed by atoms with Crippen molar-refractivity contribution >= 4 is 17.5 Å². The van der Waals surface area contributed by atoms with Gasteiger partial charge in [0, 0.05) is 29.4 Å². The standard InChI is InChI=1S/C22H24ClNO2/c1-22-12-11-21(25)24(14-15-3-7-18(26-2)8-4-15)20(22)10-5-16-13-17(23)6-9-19(16)22/h3-4,6-9,13,20H,5,10-12,14H2,1-2H3. The zero-order valence-electron chi connectivity index (χ0n) is 15.3. The molecule has 0 spiro atoms. The Labute approximate surface area is 159 Å². The molecule has 2 unspecified atom stereocenters. The molecule has 2 aromatic rings. The number of hydrogen-bond acceptors (Lipinski definition) is 2. The minimum atomic E-state index is -0.00144. The summed E-state index contributed by atoms with van der Waals surface area (Å²) in [5.41, 5.74) is 3.85. The molecular weight excluding hydrogens is 346 g/mol. The SMILES string of the molecule is COc1ccc(CN2C(=O)CCC3(C)c4ccc(Cl)cc4CCC23)cc1. The summed E-state index contributed by atoms with van der Waals surface area (Å²) >= 11 is 6.21. The second kappa shape index (κ2) is 6.62. The third kappa shape index (κ3) is 2.88. The van der Waals surface area contributed by atoms with E-state index in [9.17, 15) is 4.79 Å². The van der Waals surface area contributed by atoms with E-state index < -0.39 is 0 Å². The summed E-state index contributed by atoms with van der Waals surface area (Å²) in [6.07, 6.45) is 3.48. The van der Waals surface area contributed by atoms with Crippen LogP contribution in [-0.2, 0) is 23.2 Å². The lowest BCUT2D eigenvalue weighted by atomic mass is 9.63. The Balaban J connectivity index is 1.65. The second-order valence-corrected chi connectivity index (χ2v) is 8.08. The van der Waals surface area contributed by atoms with Gasteiger partial charge in [-0.1, -0.05) is 36.7 Å². The minimum absolute atomic E-state index is 0.00144. The van der Waals surface area contributed by atoms with Crippen LogP contribution in [0.2, 0.25) is 5.02 Å². The second-order valence-electron chi connectivity index (χ2n) is 7.64. The van der Waals surface area contributed by atoms with Crippen LogP contribution >= 0.6 is 11.6 Å². The van der Waals surface area contributed by atoms with Gasteiger partial charge in [0.15, 0.2) is 0 Å². The zero-order chi connectivity index (χ0) is 18.3. The Kier molecular flexibility index (Phi) is 4.44. The van der Waals surface area contributed by atoms with E-state index >= 15 is 0 Å². The summed E-state index contributed by atoms with van der Waals surface area (Å²) in [6.45, 7) is 2.98. The van der Waals surface area contributed by atoms with Crippen LogP contribution in [0.4, 0.5) is 0 Å². The third-order valence-electron chi connectivity index (χ3n) is 6.17. The summed E-state index contributed by atoms with van der Waals surface area (Å²) in [7, 11) is 1.67. The van der Waals surface area contributed by atoms with Crippen LogP contribution in [0.1, 0.15) is 42.9 Å². The van der Waals surface area contributed by atoms with E-state index in [4.69, 9.17) is 16.3 Å². The lowest BCUT2D eigenvalue weighted by Gasteiger charge is -2.51. The molecule has 0 aromatic heterocycles. The van der Waals surface area contributed by atoms with Gasteiger partial charge in [0.1, 0.15) is 5.75 Å². The van der Waals surface area contributed by atoms with Crippen molar-refractivity contribution in [2.45, 2.75) is 50.6 Å². The number of amides is 1. The highest BCUT2D eigenvalue weighted by Crippen LogP contribution is 2.46. The van der Waals surface area contributed by atoms with Crippen LogP contribution in [0.5, 0.6) is 5.75 Å². The van der Waals surface area contributed by atoms with Crippen molar-refractivity contribution in [3.05, 3.63) is 64.2 Å². The molecule has 1 amide bonds. The smallest absolute Gasteiger partial charge is 0.223 e. The van der Waals surface area contributed by atoms with Gasteiger partial charge in [-0.05, 0) is 60.2 Å². The van der Waals surface area contributed by atoms with E-state index in [1.165, 1.54) is 11.1 Å². The van der Waals surface area contributed by atoms with Crippen molar-refractivity contribution in [1.29, 1.82) is 0 Å². The first-order valence-corrected chi connectivity index (χ1v) is 9.60. The molecule has 1 heterocycles. The van der Waals surface area contributed by atoms with Crippen molar-refractivity contribution in [2.75, 3.05) is 7.11 Å². The predicted molar refractivity (Wildman–Crippen MR) is 104 cm³/mol. The van der Waals surface area contributed by atoms with Crippen molar-refractivity contribution < 1.29 is 9.53 Å². The Morgan fingerprint density at radius 3 is 2.69 bits per heavy atom. The van der Waals surface area contributed by atoms with E-state index in [2.05, 4.69) is 36.1 Å². The van der Waals surface area contributed by atoms with E-state index in [1.54, 1.807) is 7.11 Å². The van der Waals surface area contributed by atoms with Gasteiger partial charge < -0.3 is 9.64 Å². The molecule has 4 rings (SSSR count). The molecule has 136 valence electrons. The molecule has 3 nitrogen and oxygen atoms in total. The molecule has 2 atom stereocenters. The summed E-state index contributed by atoms with van der Waals surface area (Å²) in [5, 5.41) is 0.799. The molecule has 2 aliphatic rings. The van der Waals surface area contributed by atoms with Crippen LogP contribution < -0.4 is 4.74 Å². The van der Waals surface area contributed by atoms with Gasteiger partial charge in [0.05, 0.1) is 7.11 Å². The summed E-state index contributed by atoms with van der Waals surface area (Å²) in [5.74, 6) is 1.10. The highest BCUT2D eigenvalue weighted by molar-refractivity contribution is 6.30. The predicted octanol–water partition coefficient (Wildman–Crippen LogP) is 4.74. The first-order chi connectivity index (χ1) is 12.5. The summed E-state index contributed by atoms with van der Waals surface area (Å²) in [4.78, 5) is 14.9. The minimum Gasteiger partial charge on any atom is -0.497 e. The number of carbonyl (C=O) groups is 1. The third-order valence-corrected chi connectivity index (χ3v) is 6.41. The quantitative estimate of drug-likeness (QED) is 0.781. The number of fused-ring (bicyclic) bond motifs is 3. The first-order valence-electron chi connectivity index (χ1n) is 9.22. The van der Waals surface area contributed by atoms with E-state index in [-0.39, 0.29) is 17.4 Å². The van der Waals surface area contributed by atoms with Crippen molar-refractivity contribution in [3.8, 4) is 5.75 Å². The largest absolute Gasteiger partial charge is 0.497 e. The molecule has 0 bridgehead atoms. The lowest BCUT2D eigenvalue weighted by Crippen LogP contribution is -2.57. The summed E-state index contributed by atoms with van der Waals surface area (Å²) < 4.78 is 5.24. The van der Waals surface area contributed by atoms with Gasteiger partial charge in [-0.15, -0.1) is 0 Å². The van der Waals surface area contributed by atoms with Gasteiger partial charge >= 0.3 is 0 Å². The fraction of sp³-hybridized carbons (Fsp3) is 0.409. The van der Waals surface area contributed by atoms with Crippen molar-refractivity contribution in [1.82, 2.24) is 4.90 Å². The van der Waals surface area contributed by atoms with Gasteiger partial charge in [0.2, 0.25) is 5.91 Å². The van der Waals surface area contributed by atoms with Crippen molar-refractivity contribution in [2.24, 2.45) is 0 Å². The molecule has 0 radical (unpaired) electrons. The van der Waals surface area contributed by atoms with Crippen LogP contribution in [0.3, 0.4) is 0 Å². The van der Waals surface area contributed by atoms with E-state index in [0.717, 1.165) is 35.6 Å². The van der Waals surface area contributed by atoms with Gasteiger partial charge in [-0.3, -0.25) is 4.79 Å². The molecule has 26 heavy (non-hydrogen) atoms. The zero-order valence-corrected chi connectivity index (χ0v) is 16.1. The van der Waals surface area contributed by atoms with Crippen LogP contribution in [0.15, 0.2) is 42.5 Å². The maximum absolute atomic E-state index is 12.8. The van der Waals surface area contributed by atoms with Crippen LogP contribution in [0, 0.1) is 0 Å². The van der Waals surface area contributed by atoms with E-state index in [0.29, 0.717) is 13.0 Å². The average molecular weight is 370 g/mol. The number of benzene rings is 2. The number of halogens is 1. The van der Waals surface area contributed by atoms with Gasteiger partial charge in [-0.25, -0.2) is 0 Å². The van der Waals surface area contributed by atoms with E-state index in [1.807, 2.05) is 18.2 Å². The molecule has 2 aromatic carbocycles. The van der Waals surface area contributed by atoms with Crippen LogP contribution in [0.25, 0.3) is 0 Å². The van der Waals surface area contributed by atoms with Gasteiger partial charge in [0.25, 0.3) is 0 Å². The molecular formula is C22H24ClNO2. The Hall–Kier alpha value is -2.00. The molecule has 1 fully saturated rings. The number of likely N-dealkylation sites (tertiary alicyclic amines) is 1. The fourth-order valence-electron chi connectivity index (χ4n) is 4.73. The Bertz CT molecular complexity index is 833. The molecule has 1 aliphatic carbocycles. The fourth-order valence-corrected chi connectivity index (χ4v) is 4.92. The number of carbonyl (C=O) groups excluding carboxylic acids is 1. The normalized spacial score (nSPS) is 24.8. The van der Waals surface area contributed by atoms with Gasteiger partial charge in [-0.2, -0.15) is 0 Å². The highest BCUT2D eigenvalue weighted by Gasteiger charge is 2.47. The number of methoxy groups -OCH3 is 1. The molecule has 4 heteroatoms. The number of ether oxygens (including phenoxy) is 1. The number of aryl methyl sites for hydroxylation is 1. The summed E-state index contributed by atoms with van der Waals surface area (Å²) in [6, 6.07) is 14.5. The highest BCUT2D eigenvalue weighted by atomic mass is 35.5. The van der Waals surface area contributed by atoms with Crippen molar-refractivity contribution in [3.63, 3.8) is 0 Å². The molecule has 0 saturated carbocycles. The first kappa shape index (κ1) is 17.4. The lowest BCUT2D eigenvalue weighted by molar-refractivity contribution is -0.141. The molecule has 1 aliphatic heterocycles. The number of rotatable bonds is 3. The number of piperidine rings is 1. The maximum Gasteiger partial charge on any atom is 0.223 e. The Morgan fingerprint density at radius 1 is 1.19 bits per heavy atom. The molecule has 1 saturated heterocycles. The number of nitrogens with zero attached hydrogens (tertiary/aromatic N) is 1. The maximum atomic E-state index is 12.8. The Morgan fingerprint density at radius 2 is 1.96 bits per heavy atom. The topological polar surface area (TPSA) is 29.5 Å². The van der Waals surface area contributed by atoms with Crippen LogP contribution in [-0.4, -0.2) is 24.0 Å². The molecule has 0 N–H and O–H groups in total. The monoisotopic (exact) mass is 369 g/mol.